The lowest BCUT2D eigenvalue weighted by Gasteiger charge is -2.16. The number of rotatable bonds is 10. The van der Waals surface area contributed by atoms with Crippen molar-refractivity contribution in [1.29, 1.82) is 5.26 Å². The zero-order valence-electron chi connectivity index (χ0n) is 18.8. The second kappa shape index (κ2) is 12.0. The van der Waals surface area contributed by atoms with Gasteiger partial charge in [0.2, 0.25) is 0 Å². The topological polar surface area (TPSA) is 83.7 Å². The minimum Gasteiger partial charge on any atom is -0.490 e. The van der Waals surface area contributed by atoms with Gasteiger partial charge in [0.05, 0.1) is 30.0 Å². The van der Waals surface area contributed by atoms with Gasteiger partial charge in [-0.25, -0.2) is 9.82 Å². The Morgan fingerprint density at radius 3 is 2.65 bits per heavy atom. The fraction of sp³-hybridized carbons (Fsp3) is 0.148. The summed E-state index contributed by atoms with van der Waals surface area (Å²) in [6, 6.07) is 18.9. The Kier molecular flexibility index (Phi) is 8.53. The van der Waals surface area contributed by atoms with Gasteiger partial charge in [-0.1, -0.05) is 36.4 Å². The molecule has 34 heavy (non-hydrogen) atoms. The van der Waals surface area contributed by atoms with Gasteiger partial charge in [-0.15, -0.1) is 6.58 Å². The van der Waals surface area contributed by atoms with Gasteiger partial charge in [0.15, 0.2) is 11.5 Å². The summed E-state index contributed by atoms with van der Waals surface area (Å²) in [7, 11) is 0. The average Bonchev–Trinajstić information content (AvgIpc) is 2.84. The first-order chi connectivity index (χ1) is 16.5. The van der Waals surface area contributed by atoms with E-state index in [1.807, 2.05) is 49.4 Å². The summed E-state index contributed by atoms with van der Waals surface area (Å²) in [6.45, 7) is 6.51. The third-order valence-corrected chi connectivity index (χ3v) is 4.77. The molecule has 0 saturated carbocycles. The molecule has 3 rings (SSSR count). The van der Waals surface area contributed by atoms with Crippen LogP contribution in [0.25, 0.3) is 0 Å². The van der Waals surface area contributed by atoms with Crippen molar-refractivity contribution in [3.63, 3.8) is 0 Å². The molecule has 0 aliphatic heterocycles. The Labute approximate surface area is 198 Å². The van der Waals surface area contributed by atoms with Crippen molar-refractivity contribution in [2.24, 2.45) is 5.10 Å². The predicted molar refractivity (Wildman–Crippen MR) is 128 cm³/mol. The van der Waals surface area contributed by atoms with Crippen molar-refractivity contribution < 1.29 is 18.7 Å². The fourth-order valence-corrected chi connectivity index (χ4v) is 3.22. The van der Waals surface area contributed by atoms with E-state index in [1.165, 1.54) is 18.3 Å². The van der Waals surface area contributed by atoms with E-state index >= 15 is 0 Å². The lowest BCUT2D eigenvalue weighted by Crippen LogP contribution is -2.19. The van der Waals surface area contributed by atoms with Gasteiger partial charge >= 0.3 is 0 Å². The fourth-order valence-electron chi connectivity index (χ4n) is 3.22. The van der Waals surface area contributed by atoms with Crippen LogP contribution < -0.4 is 14.9 Å². The maximum absolute atomic E-state index is 14.0. The number of ether oxygens (including phenoxy) is 2. The predicted octanol–water partition coefficient (Wildman–Crippen LogP) is 5.17. The summed E-state index contributed by atoms with van der Waals surface area (Å²) in [5.74, 6) is -0.355. The first-order valence-electron chi connectivity index (χ1n) is 10.7. The Balaban J connectivity index is 1.80. The van der Waals surface area contributed by atoms with Gasteiger partial charge in [-0.3, -0.25) is 4.79 Å². The summed E-state index contributed by atoms with van der Waals surface area (Å²) >= 11 is 0. The van der Waals surface area contributed by atoms with Crippen LogP contribution in [0.4, 0.5) is 4.39 Å². The number of hydrogen-bond acceptors (Lipinski definition) is 5. The van der Waals surface area contributed by atoms with Gasteiger partial charge < -0.3 is 9.47 Å². The first-order valence-corrected chi connectivity index (χ1v) is 10.7. The number of allylic oxidation sites excluding steroid dienone is 1. The van der Waals surface area contributed by atoms with E-state index in [4.69, 9.17) is 14.7 Å². The Bertz CT molecular complexity index is 1230. The number of hydrazone groups is 1. The Morgan fingerprint density at radius 2 is 1.97 bits per heavy atom. The van der Waals surface area contributed by atoms with E-state index in [-0.39, 0.29) is 11.1 Å². The number of hydrogen-bond donors (Lipinski definition) is 1. The molecule has 0 bridgehead atoms. The number of nitrogens with one attached hydrogen (secondary N) is 1. The molecule has 172 valence electrons. The number of carbonyl (C=O) groups excluding carboxylic acids is 1. The van der Waals surface area contributed by atoms with Gasteiger partial charge in [0, 0.05) is 5.56 Å². The highest BCUT2D eigenvalue weighted by molar-refractivity contribution is 5.95. The molecule has 0 fully saturated rings. The van der Waals surface area contributed by atoms with E-state index in [0.717, 1.165) is 17.2 Å². The number of halogens is 1. The van der Waals surface area contributed by atoms with Crippen molar-refractivity contribution in [1.82, 2.24) is 5.43 Å². The van der Waals surface area contributed by atoms with Crippen molar-refractivity contribution in [3.05, 3.63) is 107 Å². The number of benzene rings is 3. The molecule has 0 saturated heterocycles. The van der Waals surface area contributed by atoms with Crippen LogP contribution in [0.1, 0.15) is 39.5 Å². The van der Waals surface area contributed by atoms with E-state index in [2.05, 4.69) is 17.1 Å². The maximum atomic E-state index is 14.0. The molecular formula is C27H24FN3O3. The zero-order chi connectivity index (χ0) is 24.3. The lowest BCUT2D eigenvalue weighted by atomic mass is 10.1. The maximum Gasteiger partial charge on any atom is 0.274 e. The van der Waals surface area contributed by atoms with Crippen LogP contribution in [0.2, 0.25) is 0 Å². The highest BCUT2D eigenvalue weighted by Crippen LogP contribution is 2.34. The molecule has 0 aromatic heterocycles. The van der Waals surface area contributed by atoms with Crippen LogP contribution in [0.3, 0.4) is 0 Å². The second-order valence-electron chi connectivity index (χ2n) is 7.21. The number of amides is 1. The molecule has 0 spiro atoms. The van der Waals surface area contributed by atoms with Gasteiger partial charge in [-0.2, -0.15) is 10.4 Å². The summed E-state index contributed by atoms with van der Waals surface area (Å²) < 4.78 is 25.9. The molecule has 0 radical (unpaired) electrons. The Morgan fingerprint density at radius 1 is 1.18 bits per heavy atom. The van der Waals surface area contributed by atoms with Crippen LogP contribution in [-0.4, -0.2) is 18.7 Å². The summed E-state index contributed by atoms with van der Waals surface area (Å²) in [5.41, 5.74) is 4.77. The van der Waals surface area contributed by atoms with E-state index < -0.39 is 11.7 Å². The molecule has 0 aliphatic rings. The Hall–Kier alpha value is -4.44. The van der Waals surface area contributed by atoms with Crippen LogP contribution in [0.15, 0.2) is 78.4 Å². The summed E-state index contributed by atoms with van der Waals surface area (Å²) in [6.07, 6.45) is 3.74. The third kappa shape index (κ3) is 6.30. The van der Waals surface area contributed by atoms with E-state index in [9.17, 15) is 9.18 Å². The monoisotopic (exact) mass is 457 g/mol. The quantitative estimate of drug-likeness (QED) is 0.259. The molecule has 1 N–H and O–H groups in total. The lowest BCUT2D eigenvalue weighted by molar-refractivity contribution is 0.0951. The first kappa shape index (κ1) is 24.2. The molecule has 0 heterocycles. The van der Waals surface area contributed by atoms with Crippen molar-refractivity contribution in [2.45, 2.75) is 20.0 Å². The molecule has 1 amide bonds. The highest BCUT2D eigenvalue weighted by atomic mass is 19.1. The number of nitriles is 1. The third-order valence-electron chi connectivity index (χ3n) is 4.77. The van der Waals surface area contributed by atoms with E-state index in [1.54, 1.807) is 12.1 Å². The largest absolute Gasteiger partial charge is 0.490 e. The zero-order valence-corrected chi connectivity index (χ0v) is 18.8. The number of nitrogens with zero attached hydrogens (tertiary/aromatic N) is 2. The molecule has 3 aromatic carbocycles. The van der Waals surface area contributed by atoms with Crippen molar-refractivity contribution >= 4 is 12.1 Å². The summed E-state index contributed by atoms with van der Waals surface area (Å²) in [4.78, 5) is 12.3. The molecule has 6 nitrogen and oxygen atoms in total. The van der Waals surface area contributed by atoms with Crippen molar-refractivity contribution in [3.8, 4) is 17.6 Å². The summed E-state index contributed by atoms with van der Waals surface area (Å²) in [5, 5.41) is 12.8. The van der Waals surface area contributed by atoms with Crippen LogP contribution >= 0.6 is 0 Å². The van der Waals surface area contributed by atoms with E-state index in [0.29, 0.717) is 36.7 Å². The van der Waals surface area contributed by atoms with Crippen LogP contribution in [0.5, 0.6) is 11.5 Å². The minimum atomic E-state index is -0.793. The molecule has 0 aliphatic carbocycles. The second-order valence-corrected chi connectivity index (χ2v) is 7.21. The average molecular weight is 458 g/mol. The number of carbonyl (C=O) groups is 1. The van der Waals surface area contributed by atoms with Gasteiger partial charge in [0.25, 0.3) is 5.91 Å². The highest BCUT2D eigenvalue weighted by Gasteiger charge is 2.14. The normalized spacial score (nSPS) is 10.5. The molecule has 7 heteroatoms. The van der Waals surface area contributed by atoms with Gasteiger partial charge in [0.1, 0.15) is 12.4 Å². The molecule has 3 aromatic rings. The molecule has 0 atom stereocenters. The molecule has 0 unspecified atom stereocenters. The van der Waals surface area contributed by atoms with Crippen LogP contribution in [-0.2, 0) is 13.0 Å². The van der Waals surface area contributed by atoms with Crippen LogP contribution in [0, 0.1) is 17.1 Å². The standard InChI is InChI=1S/C27H24FN3O3/c1-3-8-22-13-21(17-30-31-27(32)23-12-11-20(16-29)14-24(23)28)15-25(33-4-2)26(22)34-18-19-9-6-5-7-10-19/h3,5-7,9-15,17H,1,4,8,18H2,2H3,(H,31,32)/b30-17-. The smallest absolute Gasteiger partial charge is 0.274 e. The molecular weight excluding hydrogens is 433 g/mol. The minimum absolute atomic E-state index is 0.130. The van der Waals surface area contributed by atoms with Gasteiger partial charge in [-0.05, 0) is 54.8 Å². The SMILES string of the molecule is C=CCc1cc(/C=N\NC(=O)c2ccc(C#N)cc2F)cc(OCC)c1OCc1ccccc1. The van der Waals surface area contributed by atoms with Crippen molar-refractivity contribution in [2.75, 3.05) is 6.61 Å².